The van der Waals surface area contributed by atoms with Crippen LogP contribution in [0.4, 0.5) is 0 Å². The van der Waals surface area contributed by atoms with Crippen LogP contribution in [0.15, 0.2) is 0 Å². The van der Waals surface area contributed by atoms with E-state index < -0.39 is 0 Å². The Labute approximate surface area is 123 Å². The zero-order valence-electron chi connectivity index (χ0n) is 13.2. The molecule has 4 heteroatoms. The van der Waals surface area contributed by atoms with Gasteiger partial charge in [0.15, 0.2) is 6.29 Å². The highest BCUT2D eigenvalue weighted by molar-refractivity contribution is 5.03. The average molecular weight is 283 g/mol. The van der Waals surface area contributed by atoms with Crippen molar-refractivity contribution < 1.29 is 14.6 Å². The van der Waals surface area contributed by atoms with Crippen molar-refractivity contribution in [3.8, 4) is 11.8 Å². The molecule has 1 aliphatic rings. The van der Waals surface area contributed by atoms with Crippen molar-refractivity contribution in [3.63, 3.8) is 0 Å². The summed E-state index contributed by atoms with van der Waals surface area (Å²) >= 11 is 0. The minimum Gasteiger partial charge on any atom is -0.396 e. The first-order valence-electron chi connectivity index (χ1n) is 7.65. The van der Waals surface area contributed by atoms with Crippen molar-refractivity contribution in [2.75, 3.05) is 32.9 Å². The lowest BCUT2D eigenvalue weighted by atomic mass is 9.98. The highest BCUT2D eigenvalue weighted by Crippen LogP contribution is 2.17. The molecule has 0 spiro atoms. The Hall–Kier alpha value is -0.600. The van der Waals surface area contributed by atoms with Crippen molar-refractivity contribution >= 4 is 0 Å². The summed E-state index contributed by atoms with van der Waals surface area (Å²) in [7, 11) is 0. The molecule has 0 radical (unpaired) electrons. The van der Waals surface area contributed by atoms with E-state index in [1.807, 2.05) is 0 Å². The fourth-order valence-electron chi connectivity index (χ4n) is 2.37. The zero-order valence-corrected chi connectivity index (χ0v) is 13.2. The Morgan fingerprint density at radius 1 is 1.35 bits per heavy atom. The number of nitrogens with zero attached hydrogens (tertiary/aromatic N) is 1. The summed E-state index contributed by atoms with van der Waals surface area (Å²) in [6.45, 7) is 9.47. The number of aliphatic hydroxyl groups is 1. The fourth-order valence-corrected chi connectivity index (χ4v) is 2.37. The molecule has 0 aromatic heterocycles. The van der Waals surface area contributed by atoms with Gasteiger partial charge in [-0.3, -0.25) is 4.90 Å². The molecule has 0 saturated carbocycles. The van der Waals surface area contributed by atoms with E-state index >= 15 is 0 Å². The Morgan fingerprint density at radius 2 is 2.15 bits per heavy atom. The Kier molecular flexibility index (Phi) is 8.16. The summed E-state index contributed by atoms with van der Waals surface area (Å²) in [6.07, 6.45) is 3.99. The van der Waals surface area contributed by atoms with Crippen LogP contribution >= 0.6 is 0 Å². The summed E-state index contributed by atoms with van der Waals surface area (Å²) in [5.74, 6) is 6.21. The lowest BCUT2D eigenvalue weighted by molar-refractivity contribution is -0.154. The molecule has 4 nitrogen and oxygen atoms in total. The van der Waals surface area contributed by atoms with Crippen LogP contribution in [0.2, 0.25) is 0 Å². The molecule has 1 unspecified atom stereocenters. The third kappa shape index (κ3) is 6.23. The van der Waals surface area contributed by atoms with Crippen molar-refractivity contribution in [1.82, 2.24) is 4.90 Å². The lowest BCUT2D eigenvalue weighted by Gasteiger charge is -2.36. The number of rotatable bonds is 7. The maximum Gasteiger partial charge on any atom is 0.158 e. The topological polar surface area (TPSA) is 41.9 Å². The first kappa shape index (κ1) is 17.5. The zero-order chi connectivity index (χ0) is 14.8. The molecule has 0 bridgehead atoms. The van der Waals surface area contributed by atoms with Crippen molar-refractivity contribution in [1.29, 1.82) is 0 Å². The minimum atomic E-state index is -0.0637. The third-order valence-corrected chi connectivity index (χ3v) is 3.84. The van der Waals surface area contributed by atoms with Gasteiger partial charge in [-0.2, -0.15) is 0 Å². The minimum absolute atomic E-state index is 0.0223. The first-order valence-corrected chi connectivity index (χ1v) is 7.65. The Bertz CT molecular complexity index is 313. The SMILES string of the molecule is CCN(CC#CCOC1CCCCO1)C(C)(C)CCO. The van der Waals surface area contributed by atoms with Crippen molar-refractivity contribution in [2.45, 2.75) is 58.3 Å². The Balaban J connectivity index is 2.28. The van der Waals surface area contributed by atoms with Gasteiger partial charge in [0.2, 0.25) is 0 Å². The van der Waals surface area contributed by atoms with E-state index in [-0.39, 0.29) is 18.4 Å². The second-order valence-corrected chi connectivity index (χ2v) is 5.76. The van der Waals surface area contributed by atoms with Crippen LogP contribution in [-0.2, 0) is 9.47 Å². The fraction of sp³-hybridized carbons (Fsp3) is 0.875. The van der Waals surface area contributed by atoms with E-state index in [2.05, 4.69) is 37.5 Å². The molecule has 1 saturated heterocycles. The summed E-state index contributed by atoms with van der Waals surface area (Å²) in [5.41, 5.74) is -0.0223. The maximum atomic E-state index is 9.10. The van der Waals surface area contributed by atoms with Crippen LogP contribution in [0, 0.1) is 11.8 Å². The van der Waals surface area contributed by atoms with E-state index in [1.54, 1.807) is 0 Å². The molecule has 1 N–H and O–H groups in total. The molecule has 1 atom stereocenters. The lowest BCUT2D eigenvalue weighted by Crippen LogP contribution is -2.44. The molecule has 0 aliphatic carbocycles. The molecule has 1 heterocycles. The second-order valence-electron chi connectivity index (χ2n) is 5.76. The van der Waals surface area contributed by atoms with E-state index in [9.17, 15) is 0 Å². The molecule has 0 amide bonds. The highest BCUT2D eigenvalue weighted by Gasteiger charge is 2.23. The van der Waals surface area contributed by atoms with Gasteiger partial charge >= 0.3 is 0 Å². The third-order valence-electron chi connectivity index (χ3n) is 3.84. The normalized spacial score (nSPS) is 19.8. The van der Waals surface area contributed by atoms with E-state index in [0.29, 0.717) is 13.2 Å². The number of ether oxygens (including phenoxy) is 2. The van der Waals surface area contributed by atoms with Crippen molar-refractivity contribution in [3.05, 3.63) is 0 Å². The molecule has 0 aromatic carbocycles. The van der Waals surface area contributed by atoms with Gasteiger partial charge in [0.25, 0.3) is 0 Å². The van der Waals surface area contributed by atoms with Crippen LogP contribution in [0.3, 0.4) is 0 Å². The summed E-state index contributed by atoms with van der Waals surface area (Å²) in [6, 6.07) is 0. The van der Waals surface area contributed by atoms with Crippen LogP contribution < -0.4 is 0 Å². The molecule has 1 aliphatic heterocycles. The average Bonchev–Trinajstić information content (AvgIpc) is 2.43. The predicted molar refractivity (Wildman–Crippen MR) is 80.3 cm³/mol. The molecule has 0 aromatic rings. The van der Waals surface area contributed by atoms with Gasteiger partial charge in [-0.05, 0) is 46.1 Å². The number of hydrogen-bond donors (Lipinski definition) is 1. The van der Waals surface area contributed by atoms with E-state index in [0.717, 1.165) is 32.4 Å². The van der Waals surface area contributed by atoms with Gasteiger partial charge < -0.3 is 14.6 Å². The summed E-state index contributed by atoms with van der Waals surface area (Å²) < 4.78 is 11.1. The molecule has 116 valence electrons. The molecular weight excluding hydrogens is 254 g/mol. The smallest absolute Gasteiger partial charge is 0.158 e. The van der Waals surface area contributed by atoms with Gasteiger partial charge in [0, 0.05) is 18.8 Å². The first-order chi connectivity index (χ1) is 9.60. The van der Waals surface area contributed by atoms with E-state index in [1.165, 1.54) is 6.42 Å². The van der Waals surface area contributed by atoms with Crippen LogP contribution in [-0.4, -0.2) is 54.7 Å². The van der Waals surface area contributed by atoms with Gasteiger partial charge in [-0.15, -0.1) is 0 Å². The van der Waals surface area contributed by atoms with E-state index in [4.69, 9.17) is 14.6 Å². The second kappa shape index (κ2) is 9.36. The summed E-state index contributed by atoms with van der Waals surface area (Å²) in [4.78, 5) is 2.27. The van der Waals surface area contributed by atoms with Crippen molar-refractivity contribution in [2.24, 2.45) is 0 Å². The Morgan fingerprint density at radius 3 is 2.75 bits per heavy atom. The monoisotopic (exact) mass is 283 g/mol. The predicted octanol–water partition coefficient (Wildman–Crippen LogP) is 2.02. The van der Waals surface area contributed by atoms with Crippen LogP contribution in [0.5, 0.6) is 0 Å². The van der Waals surface area contributed by atoms with Crippen LogP contribution in [0.1, 0.15) is 46.5 Å². The standard InChI is InChI=1S/C16H29NO3/c1-4-17(16(2,3)10-12-18)11-6-8-14-20-15-9-5-7-13-19-15/h15,18H,4-5,7,9-14H2,1-3H3. The highest BCUT2D eigenvalue weighted by atomic mass is 16.7. The van der Waals surface area contributed by atoms with Crippen LogP contribution in [0.25, 0.3) is 0 Å². The van der Waals surface area contributed by atoms with Gasteiger partial charge in [-0.25, -0.2) is 0 Å². The summed E-state index contributed by atoms with van der Waals surface area (Å²) in [5, 5.41) is 9.10. The maximum absolute atomic E-state index is 9.10. The largest absolute Gasteiger partial charge is 0.396 e. The molecular formula is C16H29NO3. The van der Waals surface area contributed by atoms with Gasteiger partial charge in [0.05, 0.1) is 6.54 Å². The quantitative estimate of drug-likeness (QED) is 0.726. The number of aliphatic hydroxyl groups excluding tert-OH is 1. The van der Waals surface area contributed by atoms with Gasteiger partial charge in [-0.1, -0.05) is 18.8 Å². The molecule has 1 rings (SSSR count). The van der Waals surface area contributed by atoms with Gasteiger partial charge in [0.1, 0.15) is 6.61 Å². The number of hydrogen-bond acceptors (Lipinski definition) is 4. The molecule has 20 heavy (non-hydrogen) atoms. The molecule has 1 fully saturated rings.